The van der Waals surface area contributed by atoms with E-state index in [4.69, 9.17) is 10.5 Å². The van der Waals surface area contributed by atoms with Crippen molar-refractivity contribution in [3.63, 3.8) is 0 Å². The molecule has 0 amide bonds. The fraction of sp³-hybridized carbons (Fsp3) is 0.467. The van der Waals surface area contributed by atoms with E-state index >= 15 is 0 Å². The molecule has 2 atom stereocenters. The molecule has 0 spiro atoms. The van der Waals surface area contributed by atoms with Crippen LogP contribution >= 0.6 is 0 Å². The van der Waals surface area contributed by atoms with Crippen LogP contribution in [-0.2, 0) is 14.8 Å². The normalized spacial score (nSPS) is 23.4. The van der Waals surface area contributed by atoms with Gasteiger partial charge in [-0.2, -0.15) is 4.31 Å². The van der Waals surface area contributed by atoms with Crippen LogP contribution in [0.5, 0.6) is 0 Å². The van der Waals surface area contributed by atoms with Crippen molar-refractivity contribution in [2.75, 3.05) is 19.7 Å². The van der Waals surface area contributed by atoms with Gasteiger partial charge in [0.25, 0.3) is 0 Å². The second-order valence-electron chi connectivity index (χ2n) is 5.10. The van der Waals surface area contributed by atoms with Gasteiger partial charge in [-0.15, -0.1) is 0 Å². The minimum Gasteiger partial charge on any atom is -0.375 e. The Bertz CT molecular complexity index is 661. The van der Waals surface area contributed by atoms with Crippen LogP contribution in [0.15, 0.2) is 29.2 Å². The van der Waals surface area contributed by atoms with Crippen LogP contribution in [0.1, 0.15) is 19.4 Å². The number of rotatable bonds is 2. The van der Waals surface area contributed by atoms with Crippen molar-refractivity contribution in [2.45, 2.75) is 30.9 Å². The summed E-state index contributed by atoms with van der Waals surface area (Å²) in [5.41, 5.74) is 5.99. The van der Waals surface area contributed by atoms with Gasteiger partial charge in [-0.3, -0.25) is 0 Å². The van der Waals surface area contributed by atoms with Crippen LogP contribution in [-0.4, -0.2) is 44.6 Å². The molecule has 6 heteroatoms. The third-order valence-corrected chi connectivity index (χ3v) is 5.30. The molecule has 0 bridgehead atoms. The van der Waals surface area contributed by atoms with Gasteiger partial charge in [-0.05, 0) is 32.0 Å². The highest BCUT2D eigenvalue weighted by Crippen LogP contribution is 2.23. The SMILES string of the molecule is CC1CN(S(=O)(=O)c2cccc(C#CCN)c2)C(C)CO1. The minimum absolute atomic E-state index is 0.101. The molecule has 1 heterocycles. The summed E-state index contributed by atoms with van der Waals surface area (Å²) in [6.45, 7) is 4.74. The van der Waals surface area contributed by atoms with Gasteiger partial charge in [-0.1, -0.05) is 17.9 Å². The van der Waals surface area contributed by atoms with Crippen molar-refractivity contribution in [3.8, 4) is 11.8 Å². The number of hydrogen-bond acceptors (Lipinski definition) is 4. The summed E-state index contributed by atoms with van der Waals surface area (Å²) in [6.07, 6.45) is -0.101. The van der Waals surface area contributed by atoms with Gasteiger partial charge in [0.15, 0.2) is 0 Å². The molecule has 0 saturated carbocycles. The zero-order chi connectivity index (χ0) is 15.5. The van der Waals surface area contributed by atoms with Gasteiger partial charge < -0.3 is 10.5 Å². The first kappa shape index (κ1) is 16.0. The summed E-state index contributed by atoms with van der Waals surface area (Å²) in [4.78, 5) is 0.257. The molecule has 0 aliphatic carbocycles. The highest BCUT2D eigenvalue weighted by atomic mass is 32.2. The number of nitrogens with zero attached hydrogens (tertiary/aromatic N) is 1. The molecule has 1 saturated heterocycles. The highest BCUT2D eigenvalue weighted by molar-refractivity contribution is 7.89. The molecule has 1 aliphatic heterocycles. The number of benzene rings is 1. The third-order valence-electron chi connectivity index (χ3n) is 3.33. The maximum Gasteiger partial charge on any atom is 0.243 e. The molecule has 21 heavy (non-hydrogen) atoms. The van der Waals surface area contributed by atoms with E-state index in [-0.39, 0.29) is 23.6 Å². The summed E-state index contributed by atoms with van der Waals surface area (Å²) in [6, 6.07) is 6.47. The Kier molecular flexibility index (Phi) is 5.01. The number of nitrogens with two attached hydrogens (primary N) is 1. The Labute approximate surface area is 126 Å². The lowest BCUT2D eigenvalue weighted by Gasteiger charge is -2.35. The average molecular weight is 308 g/mol. The molecular weight excluding hydrogens is 288 g/mol. The summed E-state index contributed by atoms with van der Waals surface area (Å²) < 4.78 is 32.5. The van der Waals surface area contributed by atoms with Crippen molar-refractivity contribution >= 4 is 10.0 Å². The van der Waals surface area contributed by atoms with Crippen LogP contribution in [0.3, 0.4) is 0 Å². The van der Waals surface area contributed by atoms with Crippen LogP contribution in [0.25, 0.3) is 0 Å². The van der Waals surface area contributed by atoms with Crippen molar-refractivity contribution in [1.29, 1.82) is 0 Å². The second kappa shape index (κ2) is 6.58. The van der Waals surface area contributed by atoms with E-state index < -0.39 is 10.0 Å². The van der Waals surface area contributed by atoms with Gasteiger partial charge in [-0.25, -0.2) is 8.42 Å². The van der Waals surface area contributed by atoms with E-state index in [9.17, 15) is 8.42 Å². The van der Waals surface area contributed by atoms with Crippen molar-refractivity contribution < 1.29 is 13.2 Å². The quantitative estimate of drug-likeness (QED) is 0.820. The van der Waals surface area contributed by atoms with Gasteiger partial charge in [0.05, 0.1) is 24.2 Å². The van der Waals surface area contributed by atoms with E-state index in [0.29, 0.717) is 18.7 Å². The first-order chi connectivity index (χ1) is 9.95. The molecule has 2 N–H and O–H groups in total. The van der Waals surface area contributed by atoms with Crippen LogP contribution in [0.4, 0.5) is 0 Å². The first-order valence-electron chi connectivity index (χ1n) is 6.87. The Morgan fingerprint density at radius 1 is 1.43 bits per heavy atom. The Balaban J connectivity index is 2.34. The summed E-state index contributed by atoms with van der Waals surface area (Å²) in [7, 11) is -3.54. The van der Waals surface area contributed by atoms with Crippen LogP contribution in [0.2, 0.25) is 0 Å². The summed E-state index contributed by atoms with van der Waals surface area (Å²) in [5, 5.41) is 0. The Morgan fingerprint density at radius 2 is 2.19 bits per heavy atom. The van der Waals surface area contributed by atoms with Crippen molar-refractivity contribution in [1.82, 2.24) is 4.31 Å². The van der Waals surface area contributed by atoms with Gasteiger partial charge >= 0.3 is 0 Å². The number of sulfonamides is 1. The highest BCUT2D eigenvalue weighted by Gasteiger charge is 2.34. The number of morpholine rings is 1. The lowest BCUT2D eigenvalue weighted by molar-refractivity contribution is -0.0170. The molecule has 5 nitrogen and oxygen atoms in total. The maximum absolute atomic E-state index is 12.8. The van der Waals surface area contributed by atoms with Gasteiger partial charge in [0.1, 0.15) is 0 Å². The molecular formula is C15H20N2O3S. The molecule has 1 aromatic carbocycles. The second-order valence-corrected chi connectivity index (χ2v) is 6.99. The predicted molar refractivity (Wildman–Crippen MR) is 81.1 cm³/mol. The molecule has 114 valence electrons. The largest absolute Gasteiger partial charge is 0.375 e. The fourth-order valence-electron chi connectivity index (χ4n) is 2.23. The molecule has 0 radical (unpaired) electrons. The maximum atomic E-state index is 12.8. The van der Waals surface area contributed by atoms with E-state index in [1.54, 1.807) is 24.3 Å². The van der Waals surface area contributed by atoms with Crippen LogP contribution < -0.4 is 5.73 Å². The van der Waals surface area contributed by atoms with Gasteiger partial charge in [0.2, 0.25) is 10.0 Å². The van der Waals surface area contributed by atoms with Gasteiger partial charge in [0, 0.05) is 18.2 Å². The number of hydrogen-bond donors (Lipinski definition) is 1. The Hall–Kier alpha value is -1.39. The molecule has 2 rings (SSSR count). The van der Waals surface area contributed by atoms with Crippen LogP contribution in [0, 0.1) is 11.8 Å². The summed E-state index contributed by atoms with van der Waals surface area (Å²) in [5.74, 6) is 5.59. The van der Waals surface area contributed by atoms with Crippen molar-refractivity contribution in [2.24, 2.45) is 5.73 Å². The zero-order valence-corrected chi connectivity index (χ0v) is 13.1. The molecule has 0 aromatic heterocycles. The van der Waals surface area contributed by atoms with E-state index in [2.05, 4.69) is 11.8 Å². The predicted octanol–water partition coefficient (Wildman–Crippen LogP) is 0.795. The zero-order valence-electron chi connectivity index (χ0n) is 12.2. The lowest BCUT2D eigenvalue weighted by atomic mass is 10.2. The molecule has 1 aromatic rings. The van der Waals surface area contributed by atoms with E-state index in [1.165, 1.54) is 4.31 Å². The fourth-order valence-corrected chi connectivity index (χ4v) is 3.97. The van der Waals surface area contributed by atoms with E-state index in [1.807, 2.05) is 13.8 Å². The monoisotopic (exact) mass is 308 g/mol. The topological polar surface area (TPSA) is 72.6 Å². The Morgan fingerprint density at radius 3 is 2.90 bits per heavy atom. The molecule has 1 fully saturated rings. The first-order valence-corrected chi connectivity index (χ1v) is 8.31. The minimum atomic E-state index is -3.54. The molecule has 2 unspecified atom stereocenters. The number of ether oxygens (including phenoxy) is 1. The van der Waals surface area contributed by atoms with E-state index in [0.717, 1.165) is 0 Å². The lowest BCUT2D eigenvalue weighted by Crippen LogP contribution is -2.50. The standard InChI is InChI=1S/C15H20N2O3S/c1-12-11-20-13(2)10-17(12)21(18,19)15-7-3-5-14(9-15)6-4-8-16/h3,5,7,9,12-13H,8,10-11,16H2,1-2H3. The smallest absolute Gasteiger partial charge is 0.243 e. The molecule has 1 aliphatic rings. The summed E-state index contributed by atoms with van der Waals surface area (Å²) >= 11 is 0. The van der Waals surface area contributed by atoms with Crippen molar-refractivity contribution in [3.05, 3.63) is 29.8 Å². The third kappa shape index (κ3) is 3.63. The average Bonchev–Trinajstić information content (AvgIpc) is 2.48.